The summed E-state index contributed by atoms with van der Waals surface area (Å²) in [5, 5.41) is 0. The predicted molar refractivity (Wildman–Crippen MR) is 51.9 cm³/mol. The Morgan fingerprint density at radius 1 is 1.38 bits per heavy atom. The molecule has 0 aromatic carbocycles. The zero-order chi connectivity index (χ0) is 12.2. The molecule has 0 aliphatic carbocycles. The zero-order valence-corrected chi connectivity index (χ0v) is 9.22. The van der Waals surface area contributed by atoms with Gasteiger partial charge in [-0.25, -0.2) is 0 Å². The molecule has 0 radical (unpaired) electrons. The summed E-state index contributed by atoms with van der Waals surface area (Å²) in [7, 11) is 1.60. The van der Waals surface area contributed by atoms with Crippen molar-refractivity contribution in [1.82, 2.24) is 4.90 Å². The van der Waals surface area contributed by atoms with Crippen LogP contribution in [0.1, 0.15) is 25.7 Å². The van der Waals surface area contributed by atoms with E-state index in [0.717, 1.165) is 0 Å². The van der Waals surface area contributed by atoms with E-state index in [4.69, 9.17) is 4.74 Å². The molecule has 1 rings (SSSR count). The second kappa shape index (κ2) is 5.52. The van der Waals surface area contributed by atoms with E-state index in [1.165, 1.54) is 4.90 Å². The van der Waals surface area contributed by atoms with Crippen molar-refractivity contribution in [1.29, 1.82) is 0 Å². The predicted octanol–water partition coefficient (Wildman–Crippen LogP) is 1.97. The van der Waals surface area contributed by atoms with Crippen molar-refractivity contribution in [3.05, 3.63) is 0 Å². The first-order valence-corrected chi connectivity index (χ1v) is 5.29. The fourth-order valence-corrected chi connectivity index (χ4v) is 1.75. The van der Waals surface area contributed by atoms with Crippen LogP contribution in [0.2, 0.25) is 0 Å². The monoisotopic (exact) mass is 239 g/mol. The van der Waals surface area contributed by atoms with Crippen LogP contribution in [0.3, 0.4) is 0 Å². The van der Waals surface area contributed by atoms with Crippen LogP contribution in [0.25, 0.3) is 0 Å². The van der Waals surface area contributed by atoms with Gasteiger partial charge >= 0.3 is 6.18 Å². The van der Waals surface area contributed by atoms with Gasteiger partial charge in [0.05, 0.1) is 12.5 Å². The average molecular weight is 239 g/mol. The second-order valence-corrected chi connectivity index (χ2v) is 3.93. The van der Waals surface area contributed by atoms with Crippen molar-refractivity contribution in [3.63, 3.8) is 0 Å². The first-order chi connectivity index (χ1) is 7.42. The molecule has 94 valence electrons. The number of nitrogens with zero attached hydrogens (tertiary/aromatic N) is 1. The average Bonchev–Trinajstić information content (AvgIpc) is 2.25. The minimum Gasteiger partial charge on any atom is -0.381 e. The Labute approximate surface area is 92.5 Å². The zero-order valence-electron chi connectivity index (χ0n) is 9.22. The van der Waals surface area contributed by atoms with E-state index in [1.807, 2.05) is 0 Å². The summed E-state index contributed by atoms with van der Waals surface area (Å²) in [6, 6.07) is 0. The molecule has 0 spiro atoms. The molecule has 1 amide bonds. The molecule has 1 fully saturated rings. The van der Waals surface area contributed by atoms with Crippen molar-refractivity contribution >= 4 is 5.91 Å². The molecule has 0 unspecified atom stereocenters. The van der Waals surface area contributed by atoms with Crippen LogP contribution in [-0.4, -0.2) is 43.3 Å². The number of ether oxygens (including phenoxy) is 1. The van der Waals surface area contributed by atoms with E-state index in [0.29, 0.717) is 25.9 Å². The summed E-state index contributed by atoms with van der Waals surface area (Å²) >= 11 is 0. The molecule has 1 aliphatic heterocycles. The van der Waals surface area contributed by atoms with Crippen molar-refractivity contribution in [2.45, 2.75) is 38.0 Å². The lowest BCUT2D eigenvalue weighted by atomic mass is 10.1. The third-order valence-electron chi connectivity index (χ3n) is 2.75. The van der Waals surface area contributed by atoms with Crippen LogP contribution < -0.4 is 0 Å². The lowest BCUT2D eigenvalue weighted by Crippen LogP contribution is -2.40. The van der Waals surface area contributed by atoms with Crippen molar-refractivity contribution in [2.24, 2.45) is 0 Å². The van der Waals surface area contributed by atoms with Gasteiger partial charge in [0.2, 0.25) is 5.91 Å². The molecule has 0 bridgehead atoms. The van der Waals surface area contributed by atoms with Crippen LogP contribution in [0.15, 0.2) is 0 Å². The largest absolute Gasteiger partial charge is 0.389 e. The molecule has 0 atom stereocenters. The number of alkyl halides is 3. The molecule has 1 heterocycles. The normalized spacial score (nSPS) is 18.9. The minimum atomic E-state index is -4.25. The SMILES string of the molecule is COC1CCN(C(=O)CCC(F)(F)F)CC1. The Balaban J connectivity index is 2.28. The molecule has 1 aliphatic rings. The Morgan fingerprint density at radius 2 is 1.94 bits per heavy atom. The van der Waals surface area contributed by atoms with Crippen molar-refractivity contribution in [3.8, 4) is 0 Å². The quantitative estimate of drug-likeness (QED) is 0.753. The first kappa shape index (κ1) is 13.3. The van der Waals surface area contributed by atoms with Gasteiger partial charge in [0, 0.05) is 26.6 Å². The third kappa shape index (κ3) is 4.38. The highest BCUT2D eigenvalue weighted by atomic mass is 19.4. The van der Waals surface area contributed by atoms with E-state index >= 15 is 0 Å². The molecule has 0 aromatic heterocycles. The Kier molecular flexibility index (Phi) is 4.58. The maximum absolute atomic E-state index is 11.9. The maximum atomic E-state index is 11.9. The molecular weight excluding hydrogens is 223 g/mol. The van der Waals surface area contributed by atoms with Gasteiger partial charge in [0.25, 0.3) is 0 Å². The molecular formula is C10H16F3NO2. The number of hydrogen-bond donors (Lipinski definition) is 0. The molecule has 0 aromatic rings. The van der Waals surface area contributed by atoms with Crippen molar-refractivity contribution < 1.29 is 22.7 Å². The fraction of sp³-hybridized carbons (Fsp3) is 0.900. The highest BCUT2D eigenvalue weighted by Crippen LogP contribution is 2.22. The topological polar surface area (TPSA) is 29.5 Å². The standard InChI is InChI=1S/C10H16F3NO2/c1-16-8-3-6-14(7-4-8)9(15)2-5-10(11,12)13/h8H,2-7H2,1H3. The van der Waals surface area contributed by atoms with E-state index < -0.39 is 24.9 Å². The summed E-state index contributed by atoms with van der Waals surface area (Å²) in [6.07, 6.45) is -4.19. The molecule has 0 N–H and O–H groups in total. The van der Waals surface area contributed by atoms with E-state index in [9.17, 15) is 18.0 Å². The van der Waals surface area contributed by atoms with Gasteiger partial charge in [-0.1, -0.05) is 0 Å². The third-order valence-corrected chi connectivity index (χ3v) is 2.75. The van der Waals surface area contributed by atoms with Gasteiger partial charge in [0.1, 0.15) is 0 Å². The molecule has 1 saturated heterocycles. The van der Waals surface area contributed by atoms with Crippen LogP contribution >= 0.6 is 0 Å². The maximum Gasteiger partial charge on any atom is 0.389 e. The summed E-state index contributed by atoms with van der Waals surface area (Å²) < 4.78 is 40.8. The number of piperidine rings is 1. The minimum absolute atomic E-state index is 0.131. The highest BCUT2D eigenvalue weighted by Gasteiger charge is 2.30. The molecule has 0 saturated carbocycles. The lowest BCUT2D eigenvalue weighted by Gasteiger charge is -2.31. The summed E-state index contributed by atoms with van der Waals surface area (Å²) in [5.74, 6) is -0.410. The number of amides is 1. The highest BCUT2D eigenvalue weighted by molar-refractivity contribution is 5.76. The number of hydrogen-bond acceptors (Lipinski definition) is 2. The first-order valence-electron chi connectivity index (χ1n) is 5.29. The van der Waals surface area contributed by atoms with E-state index in [2.05, 4.69) is 0 Å². The van der Waals surface area contributed by atoms with E-state index in [1.54, 1.807) is 7.11 Å². The number of rotatable bonds is 3. The number of carbonyl (C=O) groups is 1. The fourth-order valence-electron chi connectivity index (χ4n) is 1.75. The van der Waals surface area contributed by atoms with Crippen LogP contribution in [0.4, 0.5) is 13.2 Å². The molecule has 16 heavy (non-hydrogen) atoms. The summed E-state index contributed by atoms with van der Waals surface area (Å²) in [6.45, 7) is 0.990. The van der Waals surface area contributed by atoms with E-state index in [-0.39, 0.29) is 6.10 Å². The van der Waals surface area contributed by atoms with Gasteiger partial charge in [-0.05, 0) is 12.8 Å². The Hall–Kier alpha value is -0.780. The number of likely N-dealkylation sites (tertiary alicyclic amines) is 1. The van der Waals surface area contributed by atoms with Gasteiger partial charge < -0.3 is 9.64 Å². The van der Waals surface area contributed by atoms with Gasteiger partial charge in [0.15, 0.2) is 0 Å². The Bertz CT molecular complexity index is 235. The smallest absolute Gasteiger partial charge is 0.381 e. The van der Waals surface area contributed by atoms with Gasteiger partial charge in [-0.3, -0.25) is 4.79 Å². The van der Waals surface area contributed by atoms with Gasteiger partial charge in [-0.2, -0.15) is 13.2 Å². The number of methoxy groups -OCH3 is 1. The molecule has 3 nitrogen and oxygen atoms in total. The summed E-state index contributed by atoms with van der Waals surface area (Å²) in [5.41, 5.74) is 0. The second-order valence-electron chi connectivity index (χ2n) is 3.93. The lowest BCUT2D eigenvalue weighted by molar-refractivity contribution is -0.150. The number of halogens is 3. The number of carbonyl (C=O) groups excluding carboxylic acids is 1. The summed E-state index contributed by atoms with van der Waals surface area (Å²) in [4.78, 5) is 12.9. The van der Waals surface area contributed by atoms with Crippen LogP contribution in [0, 0.1) is 0 Å². The van der Waals surface area contributed by atoms with Gasteiger partial charge in [-0.15, -0.1) is 0 Å². The molecule has 6 heteroatoms. The Morgan fingerprint density at radius 3 is 2.38 bits per heavy atom. The van der Waals surface area contributed by atoms with Crippen LogP contribution in [-0.2, 0) is 9.53 Å². The van der Waals surface area contributed by atoms with Crippen molar-refractivity contribution in [2.75, 3.05) is 20.2 Å². The van der Waals surface area contributed by atoms with Crippen LogP contribution in [0.5, 0.6) is 0 Å².